The van der Waals surface area contributed by atoms with Crippen LogP contribution in [0.15, 0.2) is 54.6 Å². The highest BCUT2D eigenvalue weighted by molar-refractivity contribution is 5.64. The Morgan fingerprint density at radius 3 is 2.62 bits per heavy atom. The van der Waals surface area contributed by atoms with Gasteiger partial charge >= 0.3 is 0 Å². The number of fused-ring (bicyclic) bond motifs is 1. The topological polar surface area (TPSA) is 41.3 Å². The van der Waals surface area contributed by atoms with Gasteiger partial charge in [-0.25, -0.2) is 0 Å². The lowest BCUT2D eigenvalue weighted by molar-refractivity contribution is 0.148. The van der Waals surface area contributed by atoms with E-state index in [1.165, 1.54) is 27.9 Å². The maximum absolute atomic E-state index is 10.4. The summed E-state index contributed by atoms with van der Waals surface area (Å²) >= 11 is 0. The van der Waals surface area contributed by atoms with E-state index in [1.54, 1.807) is 0 Å². The lowest BCUT2D eigenvalue weighted by Gasteiger charge is -2.19. The van der Waals surface area contributed by atoms with Crippen LogP contribution in [-0.4, -0.2) is 26.3 Å². The molecule has 1 fully saturated rings. The molecule has 1 saturated carbocycles. The lowest BCUT2D eigenvalue weighted by atomic mass is 10.0. The Morgan fingerprint density at radius 1 is 1.03 bits per heavy atom. The first-order chi connectivity index (χ1) is 14.2. The summed E-state index contributed by atoms with van der Waals surface area (Å²) in [5.74, 6) is 0.428. The molecule has 0 amide bonds. The normalized spacial score (nSPS) is 18.3. The molecule has 2 aliphatic rings. The second-order valence-electron chi connectivity index (χ2n) is 8.70. The van der Waals surface area contributed by atoms with Gasteiger partial charge in [0.15, 0.2) is 0 Å². The Balaban J connectivity index is 1.28. The van der Waals surface area contributed by atoms with E-state index in [9.17, 15) is 5.11 Å². The highest BCUT2D eigenvalue weighted by Gasteiger charge is 2.33. The average Bonchev–Trinajstić information content (AvgIpc) is 3.53. The summed E-state index contributed by atoms with van der Waals surface area (Å²) in [4.78, 5) is 2.50. The molecule has 1 aromatic heterocycles. The average molecular weight is 388 g/mol. The molecule has 0 spiro atoms. The summed E-state index contributed by atoms with van der Waals surface area (Å²) in [5.41, 5.74) is 7.27. The third-order valence-corrected chi connectivity index (χ3v) is 6.20. The van der Waals surface area contributed by atoms with Crippen molar-refractivity contribution in [1.29, 1.82) is 0 Å². The van der Waals surface area contributed by atoms with Gasteiger partial charge in [-0.2, -0.15) is 5.10 Å². The molecule has 29 heavy (non-hydrogen) atoms. The van der Waals surface area contributed by atoms with Gasteiger partial charge in [-0.3, -0.25) is 9.58 Å². The Morgan fingerprint density at radius 2 is 1.86 bits per heavy atom. The van der Waals surface area contributed by atoms with E-state index < -0.39 is 0 Å². The fraction of sp³-hybridized carbons (Fsp3) is 0.400. The number of aliphatic hydroxyl groups excluding tert-OH is 1. The summed E-state index contributed by atoms with van der Waals surface area (Å²) in [6.45, 7) is 5.99. The van der Waals surface area contributed by atoms with E-state index in [4.69, 9.17) is 5.10 Å². The third-order valence-electron chi connectivity index (χ3n) is 6.20. The van der Waals surface area contributed by atoms with Crippen molar-refractivity contribution < 1.29 is 5.11 Å². The smallest absolute Gasteiger partial charge is 0.101 e. The number of rotatable bonds is 5. The lowest BCUT2D eigenvalue weighted by Crippen LogP contribution is -2.22. The molecular formula is C25H29N3O. The quantitative estimate of drug-likeness (QED) is 0.689. The fourth-order valence-corrected chi connectivity index (χ4v) is 4.37. The van der Waals surface area contributed by atoms with Crippen LogP contribution in [0.2, 0.25) is 0 Å². The summed E-state index contributed by atoms with van der Waals surface area (Å²) in [7, 11) is 0. The van der Waals surface area contributed by atoms with Gasteiger partial charge in [-0.15, -0.1) is 0 Å². The van der Waals surface area contributed by atoms with E-state index in [-0.39, 0.29) is 6.10 Å². The summed E-state index contributed by atoms with van der Waals surface area (Å²) in [6.07, 6.45) is 2.98. The summed E-state index contributed by atoms with van der Waals surface area (Å²) < 4.78 is 2.11. The third kappa shape index (κ3) is 4.14. The van der Waals surface area contributed by atoms with Crippen LogP contribution < -0.4 is 0 Å². The second-order valence-corrected chi connectivity index (χ2v) is 8.70. The number of aryl methyl sites for hydroxylation is 2. The van der Waals surface area contributed by atoms with Crippen LogP contribution in [0.4, 0.5) is 0 Å². The molecule has 3 aromatic rings. The molecule has 5 rings (SSSR count). The van der Waals surface area contributed by atoms with Crippen LogP contribution in [0, 0.1) is 12.8 Å². The Hall–Kier alpha value is -2.43. The molecule has 2 aromatic carbocycles. The highest BCUT2D eigenvalue weighted by Crippen LogP contribution is 2.40. The number of hydrogen-bond donors (Lipinski definition) is 1. The van der Waals surface area contributed by atoms with Crippen molar-refractivity contribution >= 4 is 0 Å². The van der Waals surface area contributed by atoms with Crippen LogP contribution in [0.25, 0.3) is 11.1 Å². The van der Waals surface area contributed by atoms with Gasteiger partial charge in [0.1, 0.15) is 6.10 Å². The molecule has 1 N–H and O–H groups in total. The molecule has 1 aliphatic heterocycles. The maximum atomic E-state index is 10.4. The van der Waals surface area contributed by atoms with Crippen molar-refractivity contribution in [1.82, 2.24) is 14.7 Å². The standard InChI is InChI=1S/C25H29N3O/c1-18-4-2-5-22(14-18)20-8-6-19(7-9-20)16-27-12-3-13-28-23(17-27)15-24(26-28)25(29)21-10-11-21/h2,4-9,14-15,21,25,29H,3,10-13,16-17H2,1H3. The largest absolute Gasteiger partial charge is 0.386 e. The van der Waals surface area contributed by atoms with Crippen LogP contribution >= 0.6 is 0 Å². The minimum absolute atomic E-state index is 0.378. The Labute approximate surface area is 172 Å². The first kappa shape index (κ1) is 18.6. The molecule has 0 radical (unpaired) electrons. The predicted molar refractivity (Wildman–Crippen MR) is 115 cm³/mol. The first-order valence-corrected chi connectivity index (χ1v) is 10.8. The molecule has 150 valence electrons. The fourth-order valence-electron chi connectivity index (χ4n) is 4.37. The second kappa shape index (κ2) is 7.77. The Bertz CT molecular complexity index is 988. The van der Waals surface area contributed by atoms with Gasteiger partial charge < -0.3 is 5.11 Å². The molecule has 4 nitrogen and oxygen atoms in total. The van der Waals surface area contributed by atoms with E-state index in [2.05, 4.69) is 71.1 Å². The van der Waals surface area contributed by atoms with E-state index in [1.807, 2.05) is 0 Å². The van der Waals surface area contributed by atoms with Crippen molar-refractivity contribution in [2.24, 2.45) is 5.92 Å². The molecule has 1 atom stereocenters. The molecular weight excluding hydrogens is 358 g/mol. The molecule has 1 aliphatic carbocycles. The molecule has 2 heterocycles. The number of hydrogen-bond acceptors (Lipinski definition) is 3. The van der Waals surface area contributed by atoms with Crippen LogP contribution in [0.1, 0.15) is 47.9 Å². The SMILES string of the molecule is Cc1cccc(-c2ccc(CN3CCCn4nc(C(O)C5CC5)cc4C3)cc2)c1. The molecule has 0 saturated heterocycles. The number of aliphatic hydroxyl groups is 1. The zero-order valence-electron chi connectivity index (χ0n) is 17.1. The Kier molecular flexibility index (Phi) is 4.98. The number of aromatic nitrogens is 2. The summed E-state index contributed by atoms with van der Waals surface area (Å²) in [5, 5.41) is 15.1. The minimum atomic E-state index is -0.378. The van der Waals surface area contributed by atoms with Crippen molar-refractivity contribution in [2.75, 3.05) is 6.54 Å². The van der Waals surface area contributed by atoms with E-state index in [0.29, 0.717) is 5.92 Å². The predicted octanol–water partition coefficient (Wildman–Crippen LogP) is 4.71. The van der Waals surface area contributed by atoms with Crippen molar-refractivity contribution in [2.45, 2.75) is 51.9 Å². The first-order valence-electron chi connectivity index (χ1n) is 10.8. The minimum Gasteiger partial charge on any atom is -0.386 e. The van der Waals surface area contributed by atoms with Gasteiger partial charge in [-0.05, 0) is 54.9 Å². The van der Waals surface area contributed by atoms with E-state index >= 15 is 0 Å². The highest BCUT2D eigenvalue weighted by atomic mass is 16.3. The van der Waals surface area contributed by atoms with Gasteiger partial charge in [0.2, 0.25) is 0 Å². The maximum Gasteiger partial charge on any atom is 0.101 e. The van der Waals surface area contributed by atoms with Crippen LogP contribution in [0.3, 0.4) is 0 Å². The number of benzene rings is 2. The molecule has 0 bridgehead atoms. The van der Waals surface area contributed by atoms with Crippen molar-refractivity contribution in [3.05, 3.63) is 77.1 Å². The van der Waals surface area contributed by atoms with Crippen molar-refractivity contribution in [3.8, 4) is 11.1 Å². The van der Waals surface area contributed by atoms with Crippen molar-refractivity contribution in [3.63, 3.8) is 0 Å². The zero-order chi connectivity index (χ0) is 19.8. The van der Waals surface area contributed by atoms with Gasteiger partial charge in [0.05, 0.1) is 11.4 Å². The van der Waals surface area contributed by atoms with Gasteiger partial charge in [0.25, 0.3) is 0 Å². The van der Waals surface area contributed by atoms with Gasteiger partial charge in [-0.1, -0.05) is 54.1 Å². The zero-order valence-corrected chi connectivity index (χ0v) is 17.1. The van der Waals surface area contributed by atoms with E-state index in [0.717, 1.165) is 51.1 Å². The molecule has 4 heteroatoms. The number of nitrogens with zero attached hydrogens (tertiary/aromatic N) is 3. The monoisotopic (exact) mass is 387 g/mol. The van der Waals surface area contributed by atoms with Crippen LogP contribution in [-0.2, 0) is 19.6 Å². The van der Waals surface area contributed by atoms with Gasteiger partial charge in [0, 0.05) is 26.2 Å². The molecule has 1 unspecified atom stereocenters. The van der Waals surface area contributed by atoms with Crippen LogP contribution in [0.5, 0.6) is 0 Å². The summed E-state index contributed by atoms with van der Waals surface area (Å²) in [6, 6.07) is 19.8.